The maximum Gasteiger partial charge on any atom is 0.240 e. The quantitative estimate of drug-likeness (QED) is 0.784. The van der Waals surface area contributed by atoms with Crippen LogP contribution in [0.5, 0.6) is 0 Å². The lowest BCUT2D eigenvalue weighted by atomic mass is 10.3. The molecule has 0 radical (unpaired) electrons. The molecule has 0 fully saturated rings. The number of hydrogen-bond acceptors (Lipinski definition) is 4. The van der Waals surface area contributed by atoms with E-state index in [0.29, 0.717) is 13.0 Å². The zero-order chi connectivity index (χ0) is 14.9. The standard InChI is InChI=1S/C14H15N3O2S2/c1-11-10-20-14-16-12(9-17(11)14)7-8-15-21(18,19)13-5-3-2-4-6-13/h2-6,9-10,15H,7-8H2,1H3. The van der Waals surface area contributed by atoms with Gasteiger partial charge >= 0.3 is 0 Å². The molecular weight excluding hydrogens is 306 g/mol. The molecule has 110 valence electrons. The monoisotopic (exact) mass is 321 g/mol. The largest absolute Gasteiger partial charge is 0.295 e. The summed E-state index contributed by atoms with van der Waals surface area (Å²) in [4.78, 5) is 5.69. The first-order valence-electron chi connectivity index (χ1n) is 6.53. The fourth-order valence-corrected chi connectivity index (χ4v) is 3.98. The van der Waals surface area contributed by atoms with Gasteiger partial charge in [-0.2, -0.15) is 0 Å². The molecule has 1 N–H and O–H groups in total. The number of nitrogens with one attached hydrogen (secondary N) is 1. The van der Waals surface area contributed by atoms with Crippen LogP contribution >= 0.6 is 11.3 Å². The summed E-state index contributed by atoms with van der Waals surface area (Å²) in [6, 6.07) is 8.37. The van der Waals surface area contributed by atoms with E-state index in [1.807, 2.05) is 22.9 Å². The van der Waals surface area contributed by atoms with E-state index in [9.17, 15) is 8.42 Å². The molecule has 2 heterocycles. The van der Waals surface area contributed by atoms with Gasteiger partial charge in [0.1, 0.15) is 0 Å². The maximum atomic E-state index is 12.1. The van der Waals surface area contributed by atoms with E-state index in [1.54, 1.807) is 41.7 Å². The third-order valence-corrected chi connectivity index (χ3v) is 5.60. The second kappa shape index (κ2) is 5.59. The van der Waals surface area contributed by atoms with Crippen molar-refractivity contribution in [2.45, 2.75) is 18.2 Å². The first-order valence-corrected chi connectivity index (χ1v) is 8.89. The van der Waals surface area contributed by atoms with Crippen molar-refractivity contribution in [2.24, 2.45) is 0 Å². The average Bonchev–Trinajstić information content (AvgIpc) is 3.02. The maximum absolute atomic E-state index is 12.1. The number of rotatable bonds is 5. The van der Waals surface area contributed by atoms with Crippen LogP contribution in [0.1, 0.15) is 11.4 Å². The summed E-state index contributed by atoms with van der Waals surface area (Å²) in [6.45, 7) is 2.36. The van der Waals surface area contributed by atoms with Gasteiger partial charge in [-0.15, -0.1) is 11.3 Å². The Balaban J connectivity index is 1.65. The predicted molar refractivity (Wildman–Crippen MR) is 83.1 cm³/mol. The SMILES string of the molecule is Cc1csc2nc(CCNS(=O)(=O)c3ccccc3)cn12. The Labute approximate surface area is 127 Å². The van der Waals surface area contributed by atoms with Crippen molar-refractivity contribution < 1.29 is 8.42 Å². The summed E-state index contributed by atoms with van der Waals surface area (Å²) in [5.41, 5.74) is 2.03. The number of hydrogen-bond donors (Lipinski definition) is 1. The van der Waals surface area contributed by atoms with Crippen LogP contribution in [0.4, 0.5) is 0 Å². The van der Waals surface area contributed by atoms with E-state index in [4.69, 9.17) is 0 Å². The normalized spacial score (nSPS) is 12.0. The number of aromatic nitrogens is 2. The Morgan fingerprint density at radius 2 is 2.05 bits per heavy atom. The Bertz CT molecular complexity index is 851. The molecular formula is C14H15N3O2S2. The zero-order valence-corrected chi connectivity index (χ0v) is 13.1. The lowest BCUT2D eigenvalue weighted by molar-refractivity contribution is 0.581. The smallest absolute Gasteiger partial charge is 0.240 e. The Hall–Kier alpha value is -1.70. The molecule has 0 aliphatic heterocycles. The average molecular weight is 321 g/mol. The number of sulfonamides is 1. The second-order valence-corrected chi connectivity index (χ2v) is 7.33. The molecule has 0 aliphatic carbocycles. The van der Waals surface area contributed by atoms with E-state index in [2.05, 4.69) is 9.71 Å². The van der Waals surface area contributed by atoms with Gasteiger partial charge in [-0.05, 0) is 19.1 Å². The molecule has 1 aromatic carbocycles. The molecule has 0 aliphatic rings. The third kappa shape index (κ3) is 2.99. The van der Waals surface area contributed by atoms with E-state index >= 15 is 0 Å². The Morgan fingerprint density at radius 1 is 1.29 bits per heavy atom. The summed E-state index contributed by atoms with van der Waals surface area (Å²) in [5.74, 6) is 0. The number of aryl methyl sites for hydroxylation is 1. The Morgan fingerprint density at radius 3 is 2.76 bits per heavy atom. The number of imidazole rings is 1. The van der Waals surface area contributed by atoms with Crippen LogP contribution in [0.15, 0.2) is 46.8 Å². The number of thiazole rings is 1. The summed E-state index contributed by atoms with van der Waals surface area (Å²) in [5, 5.41) is 2.05. The molecule has 0 bridgehead atoms. The first-order chi connectivity index (χ1) is 10.1. The van der Waals surface area contributed by atoms with Crippen molar-refractivity contribution in [1.29, 1.82) is 0 Å². The highest BCUT2D eigenvalue weighted by Gasteiger charge is 2.13. The van der Waals surface area contributed by atoms with Gasteiger partial charge in [0.2, 0.25) is 10.0 Å². The highest BCUT2D eigenvalue weighted by molar-refractivity contribution is 7.89. The van der Waals surface area contributed by atoms with E-state index in [0.717, 1.165) is 16.3 Å². The molecule has 0 saturated carbocycles. The van der Waals surface area contributed by atoms with Gasteiger partial charge in [0.05, 0.1) is 10.6 Å². The summed E-state index contributed by atoms with van der Waals surface area (Å²) in [7, 11) is -3.44. The molecule has 3 aromatic rings. The molecule has 0 unspecified atom stereocenters. The highest BCUT2D eigenvalue weighted by Crippen LogP contribution is 2.16. The molecule has 0 atom stereocenters. The zero-order valence-electron chi connectivity index (χ0n) is 11.5. The van der Waals surface area contributed by atoms with Gasteiger partial charge in [0.15, 0.2) is 4.96 Å². The van der Waals surface area contributed by atoms with Crippen LogP contribution in [-0.4, -0.2) is 24.3 Å². The van der Waals surface area contributed by atoms with E-state index in [1.165, 1.54) is 0 Å². The van der Waals surface area contributed by atoms with E-state index in [-0.39, 0.29) is 4.90 Å². The van der Waals surface area contributed by atoms with Crippen LogP contribution in [0.2, 0.25) is 0 Å². The fraction of sp³-hybridized carbons (Fsp3) is 0.214. The van der Waals surface area contributed by atoms with Crippen LogP contribution in [0.25, 0.3) is 4.96 Å². The van der Waals surface area contributed by atoms with Crippen molar-refractivity contribution >= 4 is 26.3 Å². The van der Waals surface area contributed by atoms with Crippen molar-refractivity contribution in [3.63, 3.8) is 0 Å². The van der Waals surface area contributed by atoms with Gasteiger partial charge < -0.3 is 0 Å². The van der Waals surface area contributed by atoms with Gasteiger partial charge in [0, 0.05) is 30.2 Å². The number of nitrogens with zero attached hydrogens (tertiary/aromatic N) is 2. The minimum Gasteiger partial charge on any atom is -0.295 e. The van der Waals surface area contributed by atoms with Gasteiger partial charge in [-0.1, -0.05) is 18.2 Å². The molecule has 7 heteroatoms. The summed E-state index contributed by atoms with van der Waals surface area (Å²) >= 11 is 1.58. The molecule has 0 spiro atoms. The minimum absolute atomic E-state index is 0.284. The minimum atomic E-state index is -3.44. The van der Waals surface area contributed by atoms with Crippen molar-refractivity contribution in [1.82, 2.24) is 14.1 Å². The summed E-state index contributed by atoms with van der Waals surface area (Å²) < 4.78 is 28.7. The first kappa shape index (κ1) is 14.2. The molecule has 2 aromatic heterocycles. The van der Waals surface area contributed by atoms with Crippen LogP contribution in [0.3, 0.4) is 0 Å². The van der Waals surface area contributed by atoms with Crippen LogP contribution < -0.4 is 4.72 Å². The number of benzene rings is 1. The summed E-state index contributed by atoms with van der Waals surface area (Å²) in [6.07, 6.45) is 2.53. The highest BCUT2D eigenvalue weighted by atomic mass is 32.2. The fourth-order valence-electron chi connectivity index (χ4n) is 2.06. The lowest BCUT2D eigenvalue weighted by Gasteiger charge is -2.05. The van der Waals surface area contributed by atoms with Crippen LogP contribution in [0, 0.1) is 6.92 Å². The molecule has 21 heavy (non-hydrogen) atoms. The molecule has 0 saturated heterocycles. The molecule has 3 rings (SSSR count). The number of fused-ring (bicyclic) bond motifs is 1. The van der Waals surface area contributed by atoms with Gasteiger partial charge in [-0.25, -0.2) is 18.1 Å². The van der Waals surface area contributed by atoms with Gasteiger partial charge in [0.25, 0.3) is 0 Å². The van der Waals surface area contributed by atoms with Crippen molar-refractivity contribution in [2.75, 3.05) is 6.54 Å². The molecule has 0 amide bonds. The van der Waals surface area contributed by atoms with E-state index < -0.39 is 10.0 Å². The Kier molecular flexibility index (Phi) is 3.79. The van der Waals surface area contributed by atoms with Gasteiger partial charge in [-0.3, -0.25) is 4.40 Å². The topological polar surface area (TPSA) is 63.5 Å². The van der Waals surface area contributed by atoms with Crippen molar-refractivity contribution in [3.05, 3.63) is 53.3 Å². The second-order valence-electron chi connectivity index (χ2n) is 4.72. The molecule has 5 nitrogen and oxygen atoms in total. The third-order valence-electron chi connectivity index (χ3n) is 3.17. The predicted octanol–water partition coefficient (Wildman–Crippen LogP) is 2.23. The van der Waals surface area contributed by atoms with Crippen LogP contribution in [-0.2, 0) is 16.4 Å². The van der Waals surface area contributed by atoms with Crippen molar-refractivity contribution in [3.8, 4) is 0 Å². The lowest BCUT2D eigenvalue weighted by Crippen LogP contribution is -2.26.